The summed E-state index contributed by atoms with van der Waals surface area (Å²) in [7, 11) is -3.90. The number of rotatable bonds is 5. The molecule has 1 fully saturated rings. The quantitative estimate of drug-likeness (QED) is 0.771. The Morgan fingerprint density at radius 3 is 2.43 bits per heavy atom. The third-order valence-electron chi connectivity index (χ3n) is 5.34. The number of ether oxygens (including phenoxy) is 1. The highest BCUT2D eigenvalue weighted by molar-refractivity contribution is 7.90. The molecule has 2 aromatic carbocycles. The number of fused-ring (bicyclic) bond motifs is 1. The minimum atomic E-state index is -3.90. The second-order valence-electron chi connectivity index (χ2n) is 7.07. The Labute approximate surface area is 165 Å². The van der Waals surface area contributed by atoms with Crippen LogP contribution >= 0.6 is 0 Å². The van der Waals surface area contributed by atoms with Gasteiger partial charge in [0, 0.05) is 13.1 Å². The number of carbonyl (C=O) groups is 1. The molecule has 2 heterocycles. The van der Waals surface area contributed by atoms with Gasteiger partial charge >= 0.3 is 0 Å². The van der Waals surface area contributed by atoms with Gasteiger partial charge in [-0.25, -0.2) is 12.7 Å². The molecule has 6 nitrogen and oxygen atoms in total. The molecule has 2 aliphatic heterocycles. The van der Waals surface area contributed by atoms with Gasteiger partial charge in [0.1, 0.15) is 4.90 Å². The summed E-state index contributed by atoms with van der Waals surface area (Å²) in [6, 6.07) is 14.0. The predicted octanol–water partition coefficient (Wildman–Crippen LogP) is 3.21. The summed E-state index contributed by atoms with van der Waals surface area (Å²) in [6.45, 7) is 4.41. The number of hydrogen-bond donors (Lipinski definition) is 0. The maximum absolute atomic E-state index is 13.5. The van der Waals surface area contributed by atoms with E-state index < -0.39 is 22.0 Å². The maximum Gasteiger partial charge on any atom is 0.271 e. The second-order valence-corrected chi connectivity index (χ2v) is 8.85. The largest absolute Gasteiger partial charge is 0.378 e. The number of benzene rings is 2. The van der Waals surface area contributed by atoms with Crippen LogP contribution in [0.25, 0.3) is 0 Å². The van der Waals surface area contributed by atoms with Gasteiger partial charge in [-0.15, -0.1) is 0 Å². The number of carbonyl (C=O) groups excluding carboxylic acids is 1. The van der Waals surface area contributed by atoms with Gasteiger partial charge < -0.3 is 9.64 Å². The van der Waals surface area contributed by atoms with Crippen molar-refractivity contribution < 1.29 is 17.9 Å². The van der Waals surface area contributed by atoms with E-state index in [1.165, 1.54) is 0 Å². The van der Waals surface area contributed by atoms with Crippen molar-refractivity contribution in [2.24, 2.45) is 0 Å². The summed E-state index contributed by atoms with van der Waals surface area (Å²) in [6.07, 6.45) is 1.35. The highest BCUT2D eigenvalue weighted by Gasteiger charge is 2.47. The topological polar surface area (TPSA) is 66.9 Å². The fraction of sp³-hybridized carbons (Fsp3) is 0.381. The SMILES string of the molecule is CCCC(c1ccccc1)N1C(=O)c2c(N3CCOCC3)cccc2S1(=O)=O. The van der Waals surface area contributed by atoms with Crippen LogP contribution in [0.5, 0.6) is 0 Å². The number of anilines is 1. The van der Waals surface area contributed by atoms with Gasteiger partial charge in [0.15, 0.2) is 0 Å². The predicted molar refractivity (Wildman–Crippen MR) is 107 cm³/mol. The average Bonchev–Trinajstić information content (AvgIpc) is 2.93. The molecule has 2 aromatic rings. The third kappa shape index (κ3) is 3.08. The molecule has 4 rings (SSSR count). The first-order chi connectivity index (χ1) is 13.6. The van der Waals surface area contributed by atoms with Crippen LogP contribution in [0.4, 0.5) is 5.69 Å². The summed E-state index contributed by atoms with van der Waals surface area (Å²) in [5, 5.41) is 0. The third-order valence-corrected chi connectivity index (χ3v) is 7.17. The Bertz CT molecular complexity index is 969. The Balaban J connectivity index is 1.81. The zero-order valence-corrected chi connectivity index (χ0v) is 16.7. The van der Waals surface area contributed by atoms with Crippen molar-refractivity contribution in [3.05, 3.63) is 59.7 Å². The van der Waals surface area contributed by atoms with Crippen LogP contribution in [-0.2, 0) is 14.8 Å². The summed E-state index contributed by atoms with van der Waals surface area (Å²) in [4.78, 5) is 15.6. The van der Waals surface area contributed by atoms with Crippen LogP contribution in [0.1, 0.15) is 41.7 Å². The normalized spacial score (nSPS) is 19.5. The smallest absolute Gasteiger partial charge is 0.271 e. The fourth-order valence-electron chi connectivity index (χ4n) is 4.02. The second kappa shape index (κ2) is 7.56. The molecule has 1 amide bonds. The molecule has 1 unspecified atom stereocenters. The Hall–Kier alpha value is -2.38. The highest BCUT2D eigenvalue weighted by Crippen LogP contribution is 2.42. The first-order valence-corrected chi connectivity index (χ1v) is 11.1. The van der Waals surface area contributed by atoms with E-state index in [0.29, 0.717) is 44.0 Å². The van der Waals surface area contributed by atoms with E-state index in [1.54, 1.807) is 12.1 Å². The van der Waals surface area contributed by atoms with Crippen LogP contribution in [-0.4, -0.2) is 44.9 Å². The number of sulfonamides is 1. The molecule has 1 saturated heterocycles. The summed E-state index contributed by atoms with van der Waals surface area (Å²) < 4.78 is 33.3. The van der Waals surface area contributed by atoms with Gasteiger partial charge in [-0.3, -0.25) is 4.79 Å². The molecule has 0 saturated carbocycles. The lowest BCUT2D eigenvalue weighted by Gasteiger charge is -2.30. The lowest BCUT2D eigenvalue weighted by molar-refractivity contribution is 0.0825. The van der Waals surface area contributed by atoms with Crippen molar-refractivity contribution in [2.75, 3.05) is 31.2 Å². The molecule has 0 aliphatic carbocycles. The van der Waals surface area contributed by atoms with Crippen molar-refractivity contribution in [1.82, 2.24) is 4.31 Å². The fourth-order valence-corrected chi connectivity index (χ4v) is 5.80. The number of amides is 1. The van der Waals surface area contributed by atoms with E-state index in [-0.39, 0.29) is 4.90 Å². The van der Waals surface area contributed by atoms with Gasteiger partial charge in [-0.2, -0.15) is 0 Å². The molecule has 2 aliphatic rings. The van der Waals surface area contributed by atoms with Gasteiger partial charge in [0.2, 0.25) is 0 Å². The van der Waals surface area contributed by atoms with Crippen molar-refractivity contribution >= 4 is 21.6 Å². The summed E-state index contributed by atoms with van der Waals surface area (Å²) in [5.41, 5.74) is 1.81. The van der Waals surface area contributed by atoms with Crippen LogP contribution in [0, 0.1) is 0 Å². The Morgan fingerprint density at radius 1 is 1.04 bits per heavy atom. The first-order valence-electron chi connectivity index (χ1n) is 9.65. The minimum absolute atomic E-state index is 0.110. The monoisotopic (exact) mass is 400 g/mol. The summed E-state index contributed by atoms with van der Waals surface area (Å²) in [5.74, 6) is -0.431. The van der Waals surface area contributed by atoms with Crippen molar-refractivity contribution in [2.45, 2.75) is 30.7 Å². The molecule has 28 heavy (non-hydrogen) atoms. The lowest BCUT2D eigenvalue weighted by Crippen LogP contribution is -2.38. The zero-order chi connectivity index (χ0) is 19.7. The highest BCUT2D eigenvalue weighted by atomic mass is 32.2. The van der Waals surface area contributed by atoms with E-state index in [2.05, 4.69) is 0 Å². The van der Waals surface area contributed by atoms with Crippen LogP contribution < -0.4 is 4.90 Å². The number of morpholine rings is 1. The molecule has 1 atom stereocenters. The van der Waals surface area contributed by atoms with E-state index in [9.17, 15) is 13.2 Å². The Morgan fingerprint density at radius 2 is 1.75 bits per heavy atom. The van der Waals surface area contributed by atoms with Crippen LogP contribution in [0.15, 0.2) is 53.4 Å². The lowest BCUT2D eigenvalue weighted by atomic mass is 10.0. The molecular weight excluding hydrogens is 376 g/mol. The molecule has 0 aromatic heterocycles. The Kier molecular flexibility index (Phi) is 5.12. The number of nitrogens with zero attached hydrogens (tertiary/aromatic N) is 2. The standard InChI is InChI=1S/C21H24N2O4S/c1-2-7-17(16-8-4-3-5-9-16)23-21(24)20-18(22-12-14-27-15-13-22)10-6-11-19(20)28(23,25)26/h3-6,8-11,17H,2,7,12-15H2,1H3. The summed E-state index contributed by atoms with van der Waals surface area (Å²) >= 11 is 0. The van der Waals surface area contributed by atoms with Gasteiger partial charge in [-0.1, -0.05) is 49.7 Å². The van der Waals surface area contributed by atoms with E-state index in [0.717, 1.165) is 16.3 Å². The molecule has 148 valence electrons. The molecule has 0 spiro atoms. The number of hydrogen-bond acceptors (Lipinski definition) is 5. The molecule has 0 bridgehead atoms. The molecule has 0 N–H and O–H groups in total. The first kappa shape index (κ1) is 19.0. The van der Waals surface area contributed by atoms with Crippen LogP contribution in [0.3, 0.4) is 0 Å². The van der Waals surface area contributed by atoms with Crippen LogP contribution in [0.2, 0.25) is 0 Å². The molecule has 0 radical (unpaired) electrons. The van der Waals surface area contributed by atoms with E-state index in [1.807, 2.05) is 48.2 Å². The average molecular weight is 401 g/mol. The van der Waals surface area contributed by atoms with Crippen molar-refractivity contribution in [3.8, 4) is 0 Å². The molecule has 7 heteroatoms. The van der Waals surface area contributed by atoms with Gasteiger partial charge in [0.25, 0.3) is 15.9 Å². The zero-order valence-electron chi connectivity index (χ0n) is 15.9. The van der Waals surface area contributed by atoms with Gasteiger partial charge in [-0.05, 0) is 24.1 Å². The van der Waals surface area contributed by atoms with Crippen molar-refractivity contribution in [3.63, 3.8) is 0 Å². The van der Waals surface area contributed by atoms with Gasteiger partial charge in [0.05, 0.1) is 30.5 Å². The maximum atomic E-state index is 13.5. The molecular formula is C21H24N2O4S. The van der Waals surface area contributed by atoms with E-state index in [4.69, 9.17) is 4.74 Å². The minimum Gasteiger partial charge on any atom is -0.378 e. The van der Waals surface area contributed by atoms with E-state index >= 15 is 0 Å². The van der Waals surface area contributed by atoms with Crippen molar-refractivity contribution in [1.29, 1.82) is 0 Å².